The summed E-state index contributed by atoms with van der Waals surface area (Å²) in [5.41, 5.74) is 7.08. The van der Waals surface area contributed by atoms with E-state index in [1.807, 2.05) is 30.3 Å². The number of rotatable bonds is 5. The fraction of sp³-hybridized carbons (Fsp3) is 0.222. The summed E-state index contributed by atoms with van der Waals surface area (Å²) in [4.78, 5) is 25.5. The molecule has 0 heterocycles. The third-order valence-electron chi connectivity index (χ3n) is 3.80. The predicted molar refractivity (Wildman–Crippen MR) is 86.2 cm³/mol. The second-order valence-corrected chi connectivity index (χ2v) is 5.47. The summed E-state index contributed by atoms with van der Waals surface area (Å²) in [6.07, 6.45) is 0.000612. The number of halogens is 1. The average molecular weight is 314 g/mol. The fourth-order valence-corrected chi connectivity index (χ4v) is 2.50. The molecule has 0 aliphatic carbocycles. The van der Waals surface area contributed by atoms with Crippen molar-refractivity contribution in [3.05, 3.63) is 71.0 Å². The number of amides is 2. The number of primary amides is 1. The second-order valence-electron chi connectivity index (χ2n) is 5.47. The zero-order chi connectivity index (χ0) is 17.0. The maximum atomic E-state index is 13.5. The van der Waals surface area contributed by atoms with Crippen molar-refractivity contribution >= 4 is 11.8 Å². The molecule has 0 saturated carbocycles. The third-order valence-corrected chi connectivity index (χ3v) is 3.80. The lowest BCUT2D eigenvalue weighted by Gasteiger charge is -2.28. The van der Waals surface area contributed by atoms with Gasteiger partial charge in [-0.1, -0.05) is 36.4 Å². The van der Waals surface area contributed by atoms with Crippen LogP contribution >= 0.6 is 0 Å². The van der Waals surface area contributed by atoms with Gasteiger partial charge in [0.1, 0.15) is 5.82 Å². The van der Waals surface area contributed by atoms with Gasteiger partial charge in [-0.2, -0.15) is 0 Å². The Kier molecular flexibility index (Phi) is 5.11. The summed E-state index contributed by atoms with van der Waals surface area (Å²) < 4.78 is 13.5. The largest absolute Gasteiger partial charge is 0.370 e. The first-order chi connectivity index (χ1) is 10.9. The standard InChI is InChI=1S/C18H19FN2O2/c1-12-8-9-14(19)10-15(12)18(23)21(2)16(11-17(20)22)13-6-4-3-5-7-13/h3-10,16H,11H2,1-2H3,(H2,20,22)/t16-/m0/s1. The van der Waals surface area contributed by atoms with Crippen molar-refractivity contribution < 1.29 is 14.0 Å². The summed E-state index contributed by atoms with van der Waals surface area (Å²) in [7, 11) is 1.59. The van der Waals surface area contributed by atoms with Gasteiger partial charge in [0.15, 0.2) is 0 Å². The van der Waals surface area contributed by atoms with Gasteiger partial charge < -0.3 is 10.6 Å². The number of carbonyl (C=O) groups excluding carboxylic acids is 2. The monoisotopic (exact) mass is 314 g/mol. The lowest BCUT2D eigenvalue weighted by molar-refractivity contribution is -0.119. The zero-order valence-electron chi connectivity index (χ0n) is 13.1. The Morgan fingerprint density at radius 2 is 1.83 bits per heavy atom. The van der Waals surface area contributed by atoms with Gasteiger partial charge in [-0.15, -0.1) is 0 Å². The van der Waals surface area contributed by atoms with Crippen LogP contribution in [0, 0.1) is 12.7 Å². The highest BCUT2D eigenvalue weighted by molar-refractivity contribution is 5.96. The third kappa shape index (κ3) is 3.94. The number of benzene rings is 2. The lowest BCUT2D eigenvalue weighted by Crippen LogP contribution is -2.34. The van der Waals surface area contributed by atoms with Gasteiger partial charge in [-0.05, 0) is 30.2 Å². The van der Waals surface area contributed by atoms with Crippen molar-refractivity contribution in [1.82, 2.24) is 4.90 Å². The first-order valence-corrected chi connectivity index (χ1v) is 7.26. The van der Waals surface area contributed by atoms with Crippen LogP contribution in [-0.2, 0) is 4.79 Å². The molecule has 23 heavy (non-hydrogen) atoms. The van der Waals surface area contributed by atoms with Gasteiger partial charge in [0.25, 0.3) is 5.91 Å². The Hall–Kier alpha value is -2.69. The Morgan fingerprint density at radius 1 is 1.17 bits per heavy atom. The number of hydrogen-bond acceptors (Lipinski definition) is 2. The van der Waals surface area contributed by atoms with Crippen molar-refractivity contribution in [3.63, 3.8) is 0 Å². The summed E-state index contributed by atoms with van der Waals surface area (Å²) >= 11 is 0. The van der Waals surface area contributed by atoms with E-state index >= 15 is 0 Å². The van der Waals surface area contributed by atoms with Crippen LogP contribution < -0.4 is 5.73 Å². The van der Waals surface area contributed by atoms with Gasteiger partial charge in [0.2, 0.25) is 5.91 Å². The molecule has 2 aromatic carbocycles. The number of nitrogens with zero attached hydrogens (tertiary/aromatic N) is 1. The molecule has 0 aromatic heterocycles. The molecule has 0 aliphatic rings. The van der Waals surface area contributed by atoms with E-state index in [1.54, 1.807) is 20.0 Å². The SMILES string of the molecule is Cc1ccc(F)cc1C(=O)N(C)[C@@H](CC(N)=O)c1ccccc1. The lowest BCUT2D eigenvalue weighted by atomic mass is 10.00. The Balaban J connectivity index is 2.36. The highest BCUT2D eigenvalue weighted by Gasteiger charge is 2.25. The molecule has 0 radical (unpaired) electrons. The van der Waals surface area contributed by atoms with Gasteiger partial charge in [-0.3, -0.25) is 9.59 Å². The van der Waals surface area contributed by atoms with Crippen LogP contribution in [0.1, 0.15) is 33.9 Å². The van der Waals surface area contributed by atoms with Gasteiger partial charge >= 0.3 is 0 Å². The molecule has 0 unspecified atom stereocenters. The molecule has 4 nitrogen and oxygen atoms in total. The van der Waals surface area contributed by atoms with Crippen molar-refractivity contribution in [2.45, 2.75) is 19.4 Å². The smallest absolute Gasteiger partial charge is 0.254 e. The second kappa shape index (κ2) is 7.05. The van der Waals surface area contributed by atoms with Gasteiger partial charge in [0.05, 0.1) is 12.5 Å². The zero-order valence-corrected chi connectivity index (χ0v) is 13.1. The van der Waals surface area contributed by atoms with E-state index in [0.717, 1.165) is 5.56 Å². The molecule has 0 aliphatic heterocycles. The summed E-state index contributed by atoms with van der Waals surface area (Å²) in [5, 5.41) is 0. The molecule has 0 spiro atoms. The number of carbonyl (C=O) groups is 2. The minimum atomic E-state index is -0.505. The summed E-state index contributed by atoms with van der Waals surface area (Å²) in [5.74, 6) is -1.33. The van der Waals surface area contributed by atoms with E-state index in [1.165, 1.54) is 17.0 Å². The van der Waals surface area contributed by atoms with E-state index in [9.17, 15) is 14.0 Å². The number of hydrogen-bond donors (Lipinski definition) is 1. The normalized spacial score (nSPS) is 11.8. The van der Waals surface area contributed by atoms with E-state index in [2.05, 4.69) is 0 Å². The molecule has 1 atom stereocenters. The minimum Gasteiger partial charge on any atom is -0.370 e. The van der Waals surface area contributed by atoms with Crippen molar-refractivity contribution in [2.75, 3.05) is 7.05 Å². The summed E-state index contributed by atoms with van der Waals surface area (Å²) in [6, 6.07) is 12.7. The first kappa shape index (κ1) is 16.7. The molecular weight excluding hydrogens is 295 g/mol. The Bertz CT molecular complexity index is 716. The molecular formula is C18H19FN2O2. The number of nitrogens with two attached hydrogens (primary N) is 1. The maximum Gasteiger partial charge on any atom is 0.254 e. The molecule has 2 rings (SSSR count). The quantitative estimate of drug-likeness (QED) is 0.922. The van der Waals surface area contributed by atoms with E-state index < -0.39 is 17.8 Å². The maximum absolute atomic E-state index is 13.5. The Morgan fingerprint density at radius 3 is 2.43 bits per heavy atom. The first-order valence-electron chi connectivity index (χ1n) is 7.26. The topological polar surface area (TPSA) is 63.4 Å². The molecule has 2 aromatic rings. The van der Waals surface area contributed by atoms with E-state index in [0.29, 0.717) is 5.56 Å². The molecule has 0 saturated heterocycles. The predicted octanol–water partition coefficient (Wildman–Crippen LogP) is 2.82. The van der Waals surface area contributed by atoms with Crippen LogP contribution in [0.5, 0.6) is 0 Å². The van der Waals surface area contributed by atoms with Crippen LogP contribution in [0.3, 0.4) is 0 Å². The molecule has 2 N–H and O–H groups in total. The molecule has 5 heteroatoms. The number of aryl methyl sites for hydroxylation is 1. The van der Waals surface area contributed by atoms with E-state index in [4.69, 9.17) is 5.73 Å². The molecule has 0 bridgehead atoms. The van der Waals surface area contributed by atoms with Crippen LogP contribution in [-0.4, -0.2) is 23.8 Å². The van der Waals surface area contributed by atoms with Crippen LogP contribution in [0.4, 0.5) is 4.39 Å². The molecule has 120 valence electrons. The highest BCUT2D eigenvalue weighted by atomic mass is 19.1. The minimum absolute atomic E-state index is 0.000612. The van der Waals surface area contributed by atoms with E-state index in [-0.39, 0.29) is 17.9 Å². The van der Waals surface area contributed by atoms with Crippen LogP contribution in [0.25, 0.3) is 0 Å². The summed E-state index contributed by atoms with van der Waals surface area (Å²) in [6.45, 7) is 1.74. The van der Waals surface area contributed by atoms with Crippen molar-refractivity contribution in [3.8, 4) is 0 Å². The van der Waals surface area contributed by atoms with Gasteiger partial charge in [-0.25, -0.2) is 4.39 Å². The van der Waals surface area contributed by atoms with Crippen molar-refractivity contribution in [1.29, 1.82) is 0 Å². The van der Waals surface area contributed by atoms with Crippen molar-refractivity contribution in [2.24, 2.45) is 5.73 Å². The molecule has 0 fully saturated rings. The molecule has 2 amide bonds. The van der Waals surface area contributed by atoms with Crippen LogP contribution in [0.2, 0.25) is 0 Å². The van der Waals surface area contributed by atoms with Crippen LogP contribution in [0.15, 0.2) is 48.5 Å². The fourth-order valence-electron chi connectivity index (χ4n) is 2.50. The average Bonchev–Trinajstić information content (AvgIpc) is 2.54. The highest BCUT2D eigenvalue weighted by Crippen LogP contribution is 2.25. The Labute approximate surface area is 134 Å². The van der Waals surface area contributed by atoms with Gasteiger partial charge in [0, 0.05) is 12.6 Å².